The molecule has 0 bridgehead atoms. The molecule has 3 atom stereocenters. The van der Waals surface area contributed by atoms with Gasteiger partial charge in [-0.25, -0.2) is 4.79 Å². The fourth-order valence-corrected chi connectivity index (χ4v) is 6.47. The van der Waals surface area contributed by atoms with E-state index in [2.05, 4.69) is 4.98 Å². The molecule has 5 rings (SSSR count). The van der Waals surface area contributed by atoms with Gasteiger partial charge in [-0.1, -0.05) is 91.0 Å². The van der Waals surface area contributed by atoms with Crippen LogP contribution in [-0.2, 0) is 34.9 Å². The number of ether oxygens (including phenoxy) is 3. The minimum Gasteiger partial charge on any atom is -0.481 e. The standard InChI is InChI=1S/C31H32N2O7.C4H6O4/c1-21-19-33(28(37)32-27(21)36)31(30(38-2,39-3)26(35)25(20-34)40-31)29(22-13-7-4-8-14-22,23-15-9-5-10-16-23)24-17-11-6-12-18-24;5-3(6)1-2-4(7)8/h4-19,25-26,34-35H,20H2,1-3H3,(H,32,36,37);1-2H2,(H,5,6)(H,7,8)/t25-,26-,31-;/m1./s1. The minimum absolute atomic E-state index is 0.216. The molecular formula is C35H38N2O11. The molecule has 0 saturated carbocycles. The van der Waals surface area contributed by atoms with E-state index in [0.717, 1.165) is 0 Å². The number of hydrogen-bond acceptors (Lipinski definition) is 9. The predicted octanol–water partition coefficient (Wildman–Crippen LogP) is 2.21. The van der Waals surface area contributed by atoms with Crippen molar-refractivity contribution >= 4 is 11.9 Å². The molecule has 48 heavy (non-hydrogen) atoms. The van der Waals surface area contributed by atoms with E-state index in [4.69, 9.17) is 24.4 Å². The van der Waals surface area contributed by atoms with Crippen molar-refractivity contribution in [3.05, 3.63) is 140 Å². The molecule has 1 saturated heterocycles. The maximum absolute atomic E-state index is 13.9. The number of aliphatic hydroxyl groups excluding tert-OH is 2. The van der Waals surface area contributed by atoms with Crippen LogP contribution in [0, 0.1) is 6.92 Å². The van der Waals surface area contributed by atoms with E-state index >= 15 is 0 Å². The number of nitrogens with zero attached hydrogens (tertiary/aromatic N) is 1. The van der Waals surface area contributed by atoms with Crippen molar-refractivity contribution in [1.29, 1.82) is 0 Å². The number of benzene rings is 3. The van der Waals surface area contributed by atoms with Gasteiger partial charge in [0.05, 0.1) is 24.9 Å². The summed E-state index contributed by atoms with van der Waals surface area (Å²) >= 11 is 0. The third-order valence-corrected chi connectivity index (χ3v) is 8.46. The van der Waals surface area contributed by atoms with Gasteiger partial charge in [0.25, 0.3) is 5.56 Å². The highest BCUT2D eigenvalue weighted by Crippen LogP contribution is 2.61. The van der Waals surface area contributed by atoms with E-state index in [1.807, 2.05) is 91.0 Å². The number of aliphatic carboxylic acids is 2. The van der Waals surface area contributed by atoms with Gasteiger partial charge in [0.15, 0.2) is 0 Å². The van der Waals surface area contributed by atoms with Crippen LogP contribution in [0.5, 0.6) is 0 Å². The Hall–Kier alpha value is -4.92. The zero-order chi connectivity index (χ0) is 35.1. The summed E-state index contributed by atoms with van der Waals surface area (Å²) in [4.78, 5) is 48.2. The quantitative estimate of drug-likeness (QED) is 0.117. The summed E-state index contributed by atoms with van der Waals surface area (Å²) in [5.41, 5.74) is -2.69. The largest absolute Gasteiger partial charge is 0.481 e. The molecule has 1 aliphatic heterocycles. The number of rotatable bonds is 11. The topological polar surface area (TPSA) is 198 Å². The number of carboxylic acids is 2. The number of aromatic amines is 1. The van der Waals surface area contributed by atoms with Gasteiger partial charge in [-0.2, -0.15) is 0 Å². The number of aryl methyl sites for hydroxylation is 1. The summed E-state index contributed by atoms with van der Waals surface area (Å²) in [5, 5.41) is 38.0. The van der Waals surface area contributed by atoms with Gasteiger partial charge in [0.2, 0.25) is 11.5 Å². The zero-order valence-electron chi connectivity index (χ0n) is 26.6. The molecule has 254 valence electrons. The Morgan fingerprint density at radius 2 is 1.25 bits per heavy atom. The van der Waals surface area contributed by atoms with Crippen LogP contribution in [0.25, 0.3) is 0 Å². The first kappa shape index (κ1) is 35.9. The van der Waals surface area contributed by atoms with Gasteiger partial charge in [0.1, 0.15) is 12.2 Å². The third-order valence-electron chi connectivity index (χ3n) is 8.46. The van der Waals surface area contributed by atoms with Crippen molar-refractivity contribution in [2.24, 2.45) is 0 Å². The lowest BCUT2D eigenvalue weighted by atomic mass is 9.59. The Balaban J connectivity index is 0.000000579. The molecule has 3 aromatic carbocycles. The second kappa shape index (κ2) is 14.9. The van der Waals surface area contributed by atoms with E-state index < -0.39 is 58.9 Å². The van der Waals surface area contributed by atoms with Crippen LogP contribution in [0.3, 0.4) is 0 Å². The smallest absolute Gasteiger partial charge is 0.330 e. The first-order valence-corrected chi connectivity index (χ1v) is 15.0. The molecule has 4 aromatic rings. The van der Waals surface area contributed by atoms with Crippen LogP contribution >= 0.6 is 0 Å². The number of hydrogen-bond donors (Lipinski definition) is 5. The maximum Gasteiger partial charge on any atom is 0.330 e. The van der Waals surface area contributed by atoms with Crippen molar-refractivity contribution in [3.8, 4) is 0 Å². The van der Waals surface area contributed by atoms with Gasteiger partial charge in [-0.3, -0.25) is 23.9 Å². The highest BCUT2D eigenvalue weighted by atomic mass is 16.7. The molecule has 1 aliphatic rings. The normalized spacial score (nSPS) is 20.0. The Morgan fingerprint density at radius 1 is 0.833 bits per heavy atom. The van der Waals surface area contributed by atoms with Crippen LogP contribution in [0.2, 0.25) is 0 Å². The SMILES string of the molecule is COC1(OC)[C@H](O)[C@@H](CO)O[C@]1(n1cc(C)c(=O)[nH]c1=O)C(c1ccccc1)(c1ccccc1)c1ccccc1.O=C(O)CCC(=O)O. The van der Waals surface area contributed by atoms with E-state index in [1.165, 1.54) is 25.0 Å². The number of nitrogens with one attached hydrogen (secondary N) is 1. The Bertz CT molecular complexity index is 1690. The molecule has 0 spiro atoms. The Labute approximate surface area is 275 Å². The van der Waals surface area contributed by atoms with Crippen LogP contribution in [0.1, 0.15) is 35.1 Å². The first-order valence-electron chi connectivity index (χ1n) is 15.0. The summed E-state index contributed by atoms with van der Waals surface area (Å²) in [6.45, 7) is 0.955. The van der Waals surface area contributed by atoms with E-state index in [-0.39, 0.29) is 18.4 Å². The lowest BCUT2D eigenvalue weighted by molar-refractivity contribution is -0.339. The molecule has 2 heterocycles. The van der Waals surface area contributed by atoms with Crippen LogP contribution in [-0.4, -0.2) is 80.7 Å². The predicted molar refractivity (Wildman–Crippen MR) is 172 cm³/mol. The fourth-order valence-electron chi connectivity index (χ4n) is 6.47. The average Bonchev–Trinajstić information content (AvgIpc) is 3.35. The lowest BCUT2D eigenvalue weighted by Gasteiger charge is -2.55. The molecule has 13 heteroatoms. The summed E-state index contributed by atoms with van der Waals surface area (Å²) < 4.78 is 20.2. The second-order valence-electron chi connectivity index (χ2n) is 11.1. The third kappa shape index (κ3) is 5.98. The van der Waals surface area contributed by atoms with Gasteiger partial charge in [-0.15, -0.1) is 0 Å². The highest BCUT2D eigenvalue weighted by Gasteiger charge is 2.78. The molecular weight excluding hydrogens is 624 g/mol. The number of aromatic nitrogens is 2. The number of H-pyrrole nitrogens is 1. The van der Waals surface area contributed by atoms with Gasteiger partial charge in [0, 0.05) is 26.0 Å². The number of carboxylic acid groups (broad SMARTS) is 2. The molecule has 0 amide bonds. The molecule has 0 aliphatic carbocycles. The summed E-state index contributed by atoms with van der Waals surface area (Å²) in [6.07, 6.45) is -2.02. The van der Waals surface area contributed by atoms with E-state index in [1.54, 1.807) is 6.92 Å². The lowest BCUT2D eigenvalue weighted by Crippen LogP contribution is -2.71. The molecule has 5 N–H and O–H groups in total. The number of methoxy groups -OCH3 is 2. The van der Waals surface area contributed by atoms with Crippen molar-refractivity contribution < 1.29 is 44.2 Å². The van der Waals surface area contributed by atoms with Gasteiger partial charge >= 0.3 is 17.6 Å². The summed E-state index contributed by atoms with van der Waals surface area (Å²) in [7, 11) is 2.69. The van der Waals surface area contributed by atoms with Gasteiger partial charge < -0.3 is 34.6 Å². The van der Waals surface area contributed by atoms with Crippen molar-refractivity contribution in [2.75, 3.05) is 20.8 Å². The Morgan fingerprint density at radius 3 is 1.60 bits per heavy atom. The zero-order valence-corrected chi connectivity index (χ0v) is 26.6. The average molecular weight is 663 g/mol. The summed E-state index contributed by atoms with van der Waals surface area (Å²) in [6, 6.07) is 28.1. The van der Waals surface area contributed by atoms with Crippen molar-refractivity contribution in [3.63, 3.8) is 0 Å². The van der Waals surface area contributed by atoms with Crippen LogP contribution in [0.15, 0.2) is 107 Å². The van der Waals surface area contributed by atoms with E-state index in [0.29, 0.717) is 16.7 Å². The molecule has 13 nitrogen and oxygen atoms in total. The number of aliphatic hydroxyl groups is 2. The first-order chi connectivity index (χ1) is 23.0. The molecule has 0 unspecified atom stereocenters. The van der Waals surface area contributed by atoms with E-state index in [9.17, 15) is 29.4 Å². The monoisotopic (exact) mass is 662 g/mol. The number of carbonyl (C=O) groups is 2. The summed E-state index contributed by atoms with van der Waals surface area (Å²) in [5.74, 6) is -4.24. The van der Waals surface area contributed by atoms with Crippen LogP contribution in [0.4, 0.5) is 0 Å². The van der Waals surface area contributed by atoms with Gasteiger partial charge in [-0.05, 0) is 23.6 Å². The van der Waals surface area contributed by atoms with Crippen molar-refractivity contribution in [2.45, 2.75) is 48.9 Å². The molecule has 1 aromatic heterocycles. The van der Waals surface area contributed by atoms with Crippen LogP contribution < -0.4 is 11.2 Å². The minimum atomic E-state index is -2.09. The molecule has 0 radical (unpaired) electrons. The highest BCUT2D eigenvalue weighted by molar-refractivity contribution is 5.75. The molecule has 1 fully saturated rings. The maximum atomic E-state index is 13.9. The Kier molecular flexibility index (Phi) is 11.1. The second-order valence-corrected chi connectivity index (χ2v) is 11.1. The van der Waals surface area contributed by atoms with Crippen molar-refractivity contribution in [1.82, 2.24) is 9.55 Å². The fraction of sp³-hybridized carbons (Fsp3) is 0.314.